The fraction of sp³-hybridized carbons (Fsp3) is 0.562. The van der Waals surface area contributed by atoms with E-state index in [1.165, 1.54) is 0 Å². The van der Waals surface area contributed by atoms with Gasteiger partial charge in [-0.2, -0.15) is 0 Å². The lowest BCUT2D eigenvalue weighted by molar-refractivity contribution is -0.00163. The second kappa shape index (κ2) is 6.24. The van der Waals surface area contributed by atoms with Gasteiger partial charge < -0.3 is 14.4 Å². The third-order valence-corrected chi connectivity index (χ3v) is 3.67. The fourth-order valence-electron chi connectivity index (χ4n) is 2.35. The van der Waals surface area contributed by atoms with Crippen molar-refractivity contribution in [3.63, 3.8) is 0 Å². The lowest BCUT2D eigenvalue weighted by Gasteiger charge is -2.31. The number of hydrogen-bond donors (Lipinski definition) is 0. The van der Waals surface area contributed by atoms with Crippen LogP contribution in [0.15, 0.2) is 18.2 Å². The van der Waals surface area contributed by atoms with Gasteiger partial charge in [0.15, 0.2) is 0 Å². The Morgan fingerprint density at radius 1 is 1.48 bits per heavy atom. The van der Waals surface area contributed by atoms with E-state index in [-0.39, 0.29) is 12.2 Å². The molecule has 1 heterocycles. The maximum Gasteiger partial charge on any atom is 0.410 e. The minimum absolute atomic E-state index is 0.162. The number of halogens is 1. The van der Waals surface area contributed by atoms with E-state index < -0.39 is 5.60 Å². The summed E-state index contributed by atoms with van der Waals surface area (Å²) >= 11 is 6.23. The summed E-state index contributed by atoms with van der Waals surface area (Å²) < 4.78 is 11.2. The first-order valence-electron chi connectivity index (χ1n) is 7.11. The Labute approximate surface area is 131 Å². The van der Waals surface area contributed by atoms with Crippen molar-refractivity contribution in [2.45, 2.75) is 38.9 Å². The molecule has 0 N–H and O–H groups in total. The number of nitrogens with zero attached hydrogens (tertiary/aromatic N) is 1. The van der Waals surface area contributed by atoms with Crippen LogP contribution >= 0.6 is 11.6 Å². The summed E-state index contributed by atoms with van der Waals surface area (Å²) in [4.78, 5) is 13.6. The number of carbonyl (C=O) groups excluding carboxylic acids is 1. The van der Waals surface area contributed by atoms with Crippen molar-refractivity contribution >= 4 is 17.7 Å². The Hall–Kier alpha value is -1.26. The number of amides is 1. The van der Waals surface area contributed by atoms with Gasteiger partial charge in [0.25, 0.3) is 0 Å². The average Bonchev–Trinajstić information content (AvgIpc) is 2.38. The average molecular weight is 312 g/mol. The molecule has 1 aromatic rings. The quantitative estimate of drug-likeness (QED) is 0.833. The van der Waals surface area contributed by atoms with Gasteiger partial charge in [-0.1, -0.05) is 23.7 Å². The number of likely N-dealkylation sites (N-methyl/N-ethyl adjacent to an activating group) is 1. The summed E-state index contributed by atoms with van der Waals surface area (Å²) in [5, 5.41) is 0.765. The summed E-state index contributed by atoms with van der Waals surface area (Å²) in [7, 11) is 1.72. The van der Waals surface area contributed by atoms with Crippen molar-refractivity contribution in [3.8, 4) is 0 Å². The number of fused-ring (bicyclic) bond motifs is 1. The molecule has 4 nitrogen and oxygen atoms in total. The number of benzene rings is 1. The van der Waals surface area contributed by atoms with Gasteiger partial charge >= 0.3 is 6.09 Å². The van der Waals surface area contributed by atoms with E-state index in [0.717, 1.165) is 22.6 Å². The summed E-state index contributed by atoms with van der Waals surface area (Å²) in [6, 6.07) is 5.81. The van der Waals surface area contributed by atoms with Crippen molar-refractivity contribution in [2.24, 2.45) is 0 Å². The maximum absolute atomic E-state index is 12.0. The first kappa shape index (κ1) is 16.1. The zero-order valence-corrected chi connectivity index (χ0v) is 13.7. The molecular weight excluding hydrogens is 290 g/mol. The smallest absolute Gasteiger partial charge is 0.410 e. The highest BCUT2D eigenvalue weighted by atomic mass is 35.5. The molecule has 0 fully saturated rings. The predicted octanol–water partition coefficient (Wildman–Crippen LogP) is 3.82. The molecule has 5 heteroatoms. The van der Waals surface area contributed by atoms with Crippen LogP contribution in [-0.2, 0) is 15.9 Å². The second-order valence-electron chi connectivity index (χ2n) is 6.28. The highest BCUT2D eigenvalue weighted by molar-refractivity contribution is 6.31. The van der Waals surface area contributed by atoms with E-state index in [1.807, 2.05) is 39.0 Å². The number of carbonyl (C=O) groups is 1. The highest BCUT2D eigenvalue weighted by Gasteiger charge is 2.27. The molecule has 1 aromatic carbocycles. The minimum Gasteiger partial charge on any atom is -0.444 e. The van der Waals surface area contributed by atoms with Gasteiger partial charge in [-0.3, -0.25) is 0 Å². The molecule has 1 aliphatic heterocycles. The van der Waals surface area contributed by atoms with Gasteiger partial charge in [0, 0.05) is 12.1 Å². The largest absolute Gasteiger partial charge is 0.444 e. The van der Waals surface area contributed by atoms with Crippen molar-refractivity contribution in [2.75, 3.05) is 20.2 Å². The van der Waals surface area contributed by atoms with Crippen LogP contribution in [0.25, 0.3) is 0 Å². The summed E-state index contributed by atoms with van der Waals surface area (Å²) in [5.74, 6) is 0. The molecule has 0 aliphatic carbocycles. The van der Waals surface area contributed by atoms with E-state index in [4.69, 9.17) is 21.1 Å². The Morgan fingerprint density at radius 2 is 2.19 bits per heavy atom. The molecule has 0 bridgehead atoms. The lowest BCUT2D eigenvalue weighted by Crippen LogP contribution is -2.37. The first-order valence-corrected chi connectivity index (χ1v) is 7.49. The van der Waals surface area contributed by atoms with Crippen LogP contribution in [0, 0.1) is 0 Å². The van der Waals surface area contributed by atoms with Crippen LogP contribution < -0.4 is 0 Å². The molecule has 0 aromatic heterocycles. The number of ether oxygens (including phenoxy) is 2. The van der Waals surface area contributed by atoms with Gasteiger partial charge in [0.2, 0.25) is 0 Å². The molecule has 1 aliphatic rings. The SMILES string of the molecule is CN(C[C@H]1OCCc2c(Cl)cccc21)C(=O)OC(C)(C)C. The molecular formula is C16H22ClNO3. The molecule has 0 saturated heterocycles. The number of rotatable bonds is 2. The lowest BCUT2D eigenvalue weighted by atomic mass is 9.97. The Morgan fingerprint density at radius 3 is 2.86 bits per heavy atom. The van der Waals surface area contributed by atoms with Crippen LogP contribution in [0.5, 0.6) is 0 Å². The van der Waals surface area contributed by atoms with Gasteiger partial charge in [-0.15, -0.1) is 0 Å². The van der Waals surface area contributed by atoms with Gasteiger partial charge in [0.05, 0.1) is 13.2 Å². The molecule has 0 radical (unpaired) electrons. The topological polar surface area (TPSA) is 38.8 Å². The van der Waals surface area contributed by atoms with E-state index in [0.29, 0.717) is 13.2 Å². The molecule has 1 amide bonds. The Kier molecular flexibility index (Phi) is 4.79. The van der Waals surface area contributed by atoms with Crippen LogP contribution in [0.4, 0.5) is 4.79 Å². The summed E-state index contributed by atoms with van der Waals surface area (Å²) in [5.41, 5.74) is 1.68. The fourth-order valence-corrected chi connectivity index (χ4v) is 2.62. The first-order chi connectivity index (χ1) is 9.78. The van der Waals surface area contributed by atoms with E-state index in [2.05, 4.69) is 0 Å². The van der Waals surface area contributed by atoms with E-state index >= 15 is 0 Å². The Bertz CT molecular complexity index is 525. The molecule has 2 rings (SSSR count). The molecule has 0 unspecified atom stereocenters. The Balaban J connectivity index is 2.08. The number of hydrogen-bond acceptors (Lipinski definition) is 3. The van der Waals surface area contributed by atoms with E-state index in [9.17, 15) is 4.79 Å². The predicted molar refractivity (Wildman–Crippen MR) is 82.7 cm³/mol. The highest BCUT2D eigenvalue weighted by Crippen LogP contribution is 2.32. The third kappa shape index (κ3) is 4.11. The van der Waals surface area contributed by atoms with Gasteiger partial charge in [0.1, 0.15) is 11.7 Å². The van der Waals surface area contributed by atoms with Crippen molar-refractivity contribution in [1.29, 1.82) is 0 Å². The minimum atomic E-state index is -0.500. The molecule has 21 heavy (non-hydrogen) atoms. The molecule has 116 valence electrons. The molecule has 0 spiro atoms. The maximum atomic E-state index is 12.0. The summed E-state index contributed by atoms with van der Waals surface area (Å²) in [6.07, 6.45) is 0.298. The van der Waals surface area contributed by atoms with Crippen LogP contribution in [0.3, 0.4) is 0 Å². The van der Waals surface area contributed by atoms with Crippen LogP contribution in [-0.4, -0.2) is 36.8 Å². The second-order valence-corrected chi connectivity index (χ2v) is 6.69. The zero-order valence-electron chi connectivity index (χ0n) is 13.0. The van der Waals surface area contributed by atoms with Crippen LogP contribution in [0.2, 0.25) is 5.02 Å². The molecule has 1 atom stereocenters. The zero-order chi connectivity index (χ0) is 15.6. The van der Waals surface area contributed by atoms with Crippen molar-refractivity contribution in [3.05, 3.63) is 34.3 Å². The van der Waals surface area contributed by atoms with Crippen molar-refractivity contribution < 1.29 is 14.3 Å². The van der Waals surface area contributed by atoms with Crippen molar-refractivity contribution in [1.82, 2.24) is 4.90 Å². The molecule has 0 saturated carbocycles. The normalized spacial score (nSPS) is 18.0. The summed E-state index contributed by atoms with van der Waals surface area (Å²) in [6.45, 7) is 6.62. The van der Waals surface area contributed by atoms with E-state index in [1.54, 1.807) is 11.9 Å². The standard InChI is InChI=1S/C16H22ClNO3/c1-16(2,3)21-15(19)18(4)10-14-12-6-5-7-13(17)11(12)8-9-20-14/h5-7,14H,8-10H2,1-4H3/t14-/m1/s1. The van der Waals surface area contributed by atoms with Gasteiger partial charge in [-0.05, 0) is 44.4 Å². The van der Waals surface area contributed by atoms with Gasteiger partial charge in [-0.25, -0.2) is 4.79 Å². The monoisotopic (exact) mass is 311 g/mol. The van der Waals surface area contributed by atoms with Crippen LogP contribution in [0.1, 0.15) is 38.0 Å². The third-order valence-electron chi connectivity index (χ3n) is 3.32.